The smallest absolute Gasteiger partial charge is 0.407 e. The van der Waals surface area contributed by atoms with Crippen LogP contribution < -0.4 is 10.2 Å². The number of hydrogen-bond acceptors (Lipinski definition) is 4. The van der Waals surface area contributed by atoms with E-state index in [1.165, 1.54) is 5.56 Å². The number of nitrogens with one attached hydrogen (secondary N) is 1. The average molecular weight is 489 g/mol. The Bertz CT molecular complexity index is 757. The second-order valence-corrected chi connectivity index (χ2v) is 10.7. The lowest BCUT2D eigenvalue weighted by molar-refractivity contribution is -0.137. The van der Waals surface area contributed by atoms with Crippen molar-refractivity contribution in [1.29, 1.82) is 0 Å². The first kappa shape index (κ1) is 28.4. The Morgan fingerprint density at radius 2 is 1.72 bits per heavy atom. The molecule has 2 N–H and O–H groups in total. The highest BCUT2D eigenvalue weighted by Crippen LogP contribution is 2.31. The van der Waals surface area contributed by atoms with Gasteiger partial charge in [0.2, 0.25) is 0 Å². The molecule has 0 unspecified atom stereocenters. The lowest BCUT2D eigenvalue weighted by atomic mass is 9.78. The summed E-state index contributed by atoms with van der Waals surface area (Å²) in [4.78, 5) is 25.8. The van der Waals surface area contributed by atoms with Crippen LogP contribution in [0.5, 0.6) is 0 Å². The summed E-state index contributed by atoms with van der Waals surface area (Å²) in [6.07, 6.45) is 0.459. The number of aliphatic carboxylic acids is 1. The van der Waals surface area contributed by atoms with Crippen molar-refractivity contribution < 1.29 is 19.4 Å². The van der Waals surface area contributed by atoms with Crippen molar-refractivity contribution in [1.82, 2.24) is 5.32 Å². The summed E-state index contributed by atoms with van der Waals surface area (Å²) >= 11 is 11.9. The Labute approximate surface area is 202 Å². The number of aryl methyl sites for hydroxylation is 1. The average Bonchev–Trinajstić information content (AvgIpc) is 2.60. The maximum absolute atomic E-state index is 12.2. The number of benzene rings is 1. The van der Waals surface area contributed by atoms with E-state index in [4.69, 9.17) is 27.9 Å². The number of ether oxygens (including phenoxy) is 1. The molecule has 0 heterocycles. The normalized spacial score (nSPS) is 12.9. The SMILES string of the molecule is Cc1ccc(N(CCCl)CCCl)cc1CC(C)(C)C[C@@H](CC(=O)O)NC(=O)OC(C)(C)C. The van der Waals surface area contributed by atoms with Crippen LogP contribution in [-0.4, -0.2) is 53.7 Å². The Hall–Kier alpha value is -1.66. The number of carbonyl (C=O) groups is 2. The van der Waals surface area contributed by atoms with Gasteiger partial charge in [0, 0.05) is 36.6 Å². The van der Waals surface area contributed by atoms with E-state index in [-0.39, 0.29) is 11.8 Å². The van der Waals surface area contributed by atoms with Crippen molar-refractivity contribution in [2.45, 2.75) is 72.4 Å². The van der Waals surface area contributed by atoms with Crippen LogP contribution in [0.4, 0.5) is 10.5 Å². The Morgan fingerprint density at radius 3 is 2.22 bits per heavy atom. The first-order valence-electron chi connectivity index (χ1n) is 10.9. The Kier molecular flexibility index (Phi) is 11.1. The maximum Gasteiger partial charge on any atom is 0.407 e. The van der Waals surface area contributed by atoms with E-state index in [0.717, 1.165) is 17.7 Å². The number of nitrogens with zero attached hydrogens (tertiary/aromatic N) is 1. The predicted molar refractivity (Wildman–Crippen MR) is 132 cm³/mol. The zero-order valence-electron chi connectivity index (χ0n) is 20.1. The van der Waals surface area contributed by atoms with Gasteiger partial charge in [0.1, 0.15) is 5.60 Å². The molecule has 182 valence electrons. The molecule has 0 bridgehead atoms. The molecule has 1 rings (SSSR count). The summed E-state index contributed by atoms with van der Waals surface area (Å²) < 4.78 is 5.32. The lowest BCUT2D eigenvalue weighted by Gasteiger charge is -2.32. The second-order valence-electron chi connectivity index (χ2n) is 9.96. The van der Waals surface area contributed by atoms with Gasteiger partial charge in [-0.15, -0.1) is 23.2 Å². The minimum Gasteiger partial charge on any atom is -0.481 e. The third kappa shape index (κ3) is 10.8. The van der Waals surface area contributed by atoms with E-state index in [1.807, 2.05) is 0 Å². The van der Waals surface area contributed by atoms with Gasteiger partial charge in [-0.2, -0.15) is 0 Å². The topological polar surface area (TPSA) is 78.9 Å². The van der Waals surface area contributed by atoms with Gasteiger partial charge in [0.15, 0.2) is 0 Å². The summed E-state index contributed by atoms with van der Waals surface area (Å²) in [6, 6.07) is 5.78. The molecule has 6 nitrogen and oxygen atoms in total. The van der Waals surface area contributed by atoms with Crippen molar-refractivity contribution >= 4 is 41.0 Å². The zero-order chi connectivity index (χ0) is 24.5. The molecule has 0 aliphatic carbocycles. The minimum absolute atomic E-state index is 0.166. The summed E-state index contributed by atoms with van der Waals surface area (Å²) in [5, 5.41) is 12.1. The van der Waals surface area contributed by atoms with Crippen molar-refractivity contribution in [3.05, 3.63) is 29.3 Å². The molecule has 1 amide bonds. The van der Waals surface area contributed by atoms with Crippen molar-refractivity contribution in [2.24, 2.45) is 5.41 Å². The molecule has 8 heteroatoms. The van der Waals surface area contributed by atoms with Crippen molar-refractivity contribution in [3.63, 3.8) is 0 Å². The van der Waals surface area contributed by atoms with Gasteiger partial charge in [-0.3, -0.25) is 4.79 Å². The number of carboxylic acids is 1. The number of hydrogen-bond donors (Lipinski definition) is 2. The fraction of sp³-hybridized carbons (Fsp3) is 0.667. The molecular weight excluding hydrogens is 451 g/mol. The van der Waals surface area contributed by atoms with Crippen LogP contribution in [0.2, 0.25) is 0 Å². The molecule has 32 heavy (non-hydrogen) atoms. The number of carbonyl (C=O) groups excluding carboxylic acids is 1. The number of amides is 1. The molecule has 1 atom stereocenters. The first-order chi connectivity index (χ1) is 14.8. The number of anilines is 1. The molecule has 0 spiro atoms. The largest absolute Gasteiger partial charge is 0.481 e. The van der Waals surface area contributed by atoms with E-state index in [9.17, 15) is 14.7 Å². The fourth-order valence-electron chi connectivity index (χ4n) is 3.73. The number of alkyl halides is 2. The monoisotopic (exact) mass is 488 g/mol. The van der Waals surface area contributed by atoms with Gasteiger partial charge in [0.05, 0.1) is 6.42 Å². The third-order valence-corrected chi connectivity index (χ3v) is 5.35. The van der Waals surface area contributed by atoms with Crippen LogP contribution in [0, 0.1) is 12.3 Å². The molecule has 0 saturated heterocycles. The molecule has 1 aromatic rings. The minimum atomic E-state index is -0.960. The predicted octanol–water partition coefficient (Wildman–Crippen LogP) is 5.61. The molecule has 0 fully saturated rings. The maximum atomic E-state index is 12.2. The number of rotatable bonds is 12. The van der Waals surface area contributed by atoms with Gasteiger partial charge in [-0.25, -0.2) is 4.79 Å². The molecule has 0 aliphatic heterocycles. The van der Waals surface area contributed by atoms with E-state index in [1.54, 1.807) is 20.8 Å². The summed E-state index contributed by atoms with van der Waals surface area (Å²) in [7, 11) is 0. The second kappa shape index (κ2) is 12.5. The quantitative estimate of drug-likeness (QED) is 0.374. The van der Waals surface area contributed by atoms with E-state index in [2.05, 4.69) is 49.2 Å². The van der Waals surface area contributed by atoms with E-state index >= 15 is 0 Å². The zero-order valence-corrected chi connectivity index (χ0v) is 21.6. The van der Waals surface area contributed by atoms with Crippen LogP contribution >= 0.6 is 23.2 Å². The van der Waals surface area contributed by atoms with Gasteiger partial charge >= 0.3 is 12.1 Å². The van der Waals surface area contributed by atoms with Crippen molar-refractivity contribution in [3.8, 4) is 0 Å². The number of halogens is 2. The molecule has 1 aromatic carbocycles. The van der Waals surface area contributed by atoms with Gasteiger partial charge in [-0.1, -0.05) is 19.9 Å². The fourth-order valence-corrected chi connectivity index (χ4v) is 4.14. The van der Waals surface area contributed by atoms with Crippen LogP contribution in [0.1, 0.15) is 58.6 Å². The van der Waals surface area contributed by atoms with Gasteiger partial charge < -0.3 is 20.1 Å². The lowest BCUT2D eigenvalue weighted by Crippen LogP contribution is -2.42. The van der Waals surface area contributed by atoms with Crippen LogP contribution in [0.3, 0.4) is 0 Å². The van der Waals surface area contributed by atoms with Crippen LogP contribution in [-0.2, 0) is 16.0 Å². The number of alkyl carbamates (subject to hydrolysis) is 1. The molecule has 0 radical (unpaired) electrons. The number of carboxylic acid groups (broad SMARTS) is 1. The molecular formula is C24H38Cl2N2O4. The highest BCUT2D eigenvalue weighted by molar-refractivity contribution is 6.18. The Balaban J connectivity index is 3.01. The third-order valence-electron chi connectivity index (χ3n) is 5.02. The van der Waals surface area contributed by atoms with Crippen LogP contribution in [0.15, 0.2) is 18.2 Å². The van der Waals surface area contributed by atoms with Crippen LogP contribution in [0.25, 0.3) is 0 Å². The van der Waals surface area contributed by atoms with Gasteiger partial charge in [0.25, 0.3) is 0 Å². The first-order valence-corrected chi connectivity index (χ1v) is 12.0. The molecule has 0 saturated carbocycles. The summed E-state index contributed by atoms with van der Waals surface area (Å²) in [6.45, 7) is 13.0. The van der Waals surface area contributed by atoms with E-state index < -0.39 is 23.7 Å². The van der Waals surface area contributed by atoms with E-state index in [0.29, 0.717) is 31.3 Å². The Morgan fingerprint density at radius 1 is 1.12 bits per heavy atom. The summed E-state index contributed by atoms with van der Waals surface area (Å²) in [5.41, 5.74) is 2.49. The highest BCUT2D eigenvalue weighted by atomic mass is 35.5. The van der Waals surface area contributed by atoms with Crippen molar-refractivity contribution in [2.75, 3.05) is 29.7 Å². The molecule has 0 aliphatic rings. The standard InChI is InChI=1S/C24H38Cl2N2O4/c1-17-7-8-20(28(11-9-25)12-10-26)13-18(17)15-24(5,6)16-19(14-21(29)30)27-22(31)32-23(2,3)4/h7-8,13,19H,9-12,14-16H2,1-6H3,(H,27,31)(H,29,30)/t19-/m1/s1. The molecule has 0 aromatic heterocycles. The summed E-state index contributed by atoms with van der Waals surface area (Å²) in [5.74, 6) is 0.0650. The highest BCUT2D eigenvalue weighted by Gasteiger charge is 2.29. The van der Waals surface area contributed by atoms with Gasteiger partial charge in [-0.05, 0) is 69.2 Å².